The van der Waals surface area contributed by atoms with Gasteiger partial charge in [0.15, 0.2) is 12.4 Å². The van der Waals surface area contributed by atoms with Crippen LogP contribution < -0.4 is 0 Å². The second kappa shape index (κ2) is 6.32. The van der Waals surface area contributed by atoms with E-state index in [2.05, 4.69) is 0 Å². The fourth-order valence-corrected chi connectivity index (χ4v) is 1.24. The van der Waals surface area contributed by atoms with Gasteiger partial charge in [0.05, 0.1) is 0 Å². The second-order valence-electron chi connectivity index (χ2n) is 5.52. The molecule has 1 aromatic rings. The summed E-state index contributed by atoms with van der Waals surface area (Å²) in [4.78, 5) is 23.0. The number of hydrogen-bond donors (Lipinski definition) is 0. The molecule has 0 heterocycles. The van der Waals surface area contributed by atoms with E-state index >= 15 is 0 Å². The Kier molecular flexibility index (Phi) is 5.04. The van der Waals surface area contributed by atoms with E-state index < -0.39 is 11.4 Å². The van der Waals surface area contributed by atoms with Crippen molar-refractivity contribution in [2.75, 3.05) is 6.61 Å². The Bertz CT molecular complexity index is 476. The van der Waals surface area contributed by atoms with Gasteiger partial charge in [-0.3, -0.25) is 4.79 Å². The summed E-state index contributed by atoms with van der Waals surface area (Å²) in [5, 5.41) is 0. The number of hydrogen-bond acceptors (Lipinski definition) is 3. The summed E-state index contributed by atoms with van der Waals surface area (Å²) in [5.41, 5.74) is 1.60. The van der Waals surface area contributed by atoms with Crippen LogP contribution in [0.3, 0.4) is 0 Å². The summed E-state index contributed by atoms with van der Waals surface area (Å²) < 4.78 is 4.90. The Morgan fingerprint density at radius 1 is 1.16 bits per heavy atom. The van der Waals surface area contributed by atoms with E-state index in [9.17, 15) is 9.59 Å². The monoisotopic (exact) mass is 260 g/mol. The minimum atomic E-state index is -0.502. The van der Waals surface area contributed by atoms with Crippen molar-refractivity contribution in [2.24, 2.45) is 5.41 Å². The van der Waals surface area contributed by atoms with Crippen LogP contribution >= 0.6 is 0 Å². The lowest BCUT2D eigenvalue weighted by Gasteiger charge is -2.15. The molecule has 0 aliphatic carbocycles. The molecule has 0 aromatic heterocycles. The van der Waals surface area contributed by atoms with Crippen LogP contribution in [0, 0.1) is 12.3 Å². The molecule has 102 valence electrons. The zero-order valence-electron chi connectivity index (χ0n) is 11.9. The minimum Gasteiger partial charge on any atom is -0.455 e. The Morgan fingerprint density at radius 3 is 2.26 bits per heavy atom. The lowest BCUT2D eigenvalue weighted by Crippen LogP contribution is -2.25. The highest BCUT2D eigenvalue weighted by molar-refractivity contribution is 5.91. The van der Waals surface area contributed by atoms with Gasteiger partial charge in [-0.1, -0.05) is 50.6 Å². The number of esters is 1. The van der Waals surface area contributed by atoms with Crippen molar-refractivity contribution in [3.63, 3.8) is 0 Å². The molecule has 0 saturated carbocycles. The summed E-state index contributed by atoms with van der Waals surface area (Å²) in [6.07, 6.45) is 3.00. The van der Waals surface area contributed by atoms with Gasteiger partial charge in [0.2, 0.25) is 0 Å². The maximum absolute atomic E-state index is 11.6. The Labute approximate surface area is 114 Å². The van der Waals surface area contributed by atoms with Crippen LogP contribution in [0.25, 0.3) is 6.08 Å². The number of carbonyl (C=O) groups is 2. The van der Waals surface area contributed by atoms with Crippen LogP contribution in [0.2, 0.25) is 0 Å². The van der Waals surface area contributed by atoms with Gasteiger partial charge in [0.25, 0.3) is 0 Å². The molecule has 0 bridgehead atoms. The van der Waals surface area contributed by atoms with Gasteiger partial charge < -0.3 is 4.74 Å². The fraction of sp³-hybridized carbons (Fsp3) is 0.375. The van der Waals surface area contributed by atoms with Crippen molar-refractivity contribution in [2.45, 2.75) is 27.7 Å². The Balaban J connectivity index is 2.48. The first-order valence-electron chi connectivity index (χ1n) is 6.24. The van der Waals surface area contributed by atoms with Crippen LogP contribution in [-0.2, 0) is 14.3 Å². The number of ketones is 1. The van der Waals surface area contributed by atoms with Gasteiger partial charge >= 0.3 is 5.97 Å². The molecule has 0 aliphatic rings. The molecule has 1 rings (SSSR count). The van der Waals surface area contributed by atoms with Crippen molar-refractivity contribution in [1.82, 2.24) is 0 Å². The highest BCUT2D eigenvalue weighted by Crippen LogP contribution is 2.14. The summed E-state index contributed by atoms with van der Waals surface area (Å²) in [6.45, 7) is 7.21. The Hall–Kier alpha value is -1.90. The van der Waals surface area contributed by atoms with Crippen molar-refractivity contribution < 1.29 is 14.3 Å². The van der Waals surface area contributed by atoms with Crippen LogP contribution in [0.15, 0.2) is 30.3 Å². The third kappa shape index (κ3) is 5.51. The molecule has 0 saturated heterocycles. The van der Waals surface area contributed by atoms with Crippen LogP contribution in [0.4, 0.5) is 0 Å². The molecule has 1 aromatic carbocycles. The Morgan fingerprint density at radius 2 is 1.74 bits per heavy atom. The SMILES string of the molecule is Cc1ccc(/C=C/C(=O)OCC(=O)C(C)(C)C)cc1. The van der Waals surface area contributed by atoms with E-state index in [1.165, 1.54) is 6.08 Å². The highest BCUT2D eigenvalue weighted by atomic mass is 16.5. The predicted molar refractivity (Wildman–Crippen MR) is 75.6 cm³/mol. The average molecular weight is 260 g/mol. The molecule has 3 nitrogen and oxygen atoms in total. The quantitative estimate of drug-likeness (QED) is 0.617. The maximum Gasteiger partial charge on any atom is 0.331 e. The van der Waals surface area contributed by atoms with Gasteiger partial charge in [0, 0.05) is 11.5 Å². The number of aryl methyl sites for hydroxylation is 1. The molecular weight excluding hydrogens is 240 g/mol. The van der Waals surface area contributed by atoms with Crippen molar-refractivity contribution >= 4 is 17.8 Å². The highest BCUT2D eigenvalue weighted by Gasteiger charge is 2.21. The van der Waals surface area contributed by atoms with Crippen molar-refractivity contribution in [1.29, 1.82) is 0 Å². The summed E-state index contributed by atoms with van der Waals surface area (Å²) >= 11 is 0. The van der Waals surface area contributed by atoms with Crippen LogP contribution in [-0.4, -0.2) is 18.4 Å². The van der Waals surface area contributed by atoms with Gasteiger partial charge in [-0.25, -0.2) is 4.79 Å². The van der Waals surface area contributed by atoms with E-state index in [0.29, 0.717) is 0 Å². The van der Waals surface area contributed by atoms with E-state index in [-0.39, 0.29) is 12.4 Å². The number of benzene rings is 1. The lowest BCUT2D eigenvalue weighted by atomic mass is 9.91. The predicted octanol–water partition coefficient (Wildman–Crippen LogP) is 3.17. The third-order valence-electron chi connectivity index (χ3n) is 2.67. The molecular formula is C16H20O3. The van der Waals surface area contributed by atoms with E-state index in [4.69, 9.17) is 4.74 Å². The van der Waals surface area contributed by atoms with Crippen molar-refractivity contribution in [3.05, 3.63) is 41.5 Å². The first-order chi connectivity index (χ1) is 8.79. The largest absolute Gasteiger partial charge is 0.455 e. The number of ether oxygens (including phenoxy) is 1. The van der Waals surface area contributed by atoms with E-state index in [1.807, 2.05) is 31.2 Å². The summed E-state index contributed by atoms with van der Waals surface area (Å²) in [7, 11) is 0. The van der Waals surface area contributed by atoms with Gasteiger partial charge in [-0.2, -0.15) is 0 Å². The molecule has 0 N–H and O–H groups in total. The molecule has 0 amide bonds. The number of carbonyl (C=O) groups excluding carboxylic acids is 2. The minimum absolute atomic E-state index is 0.0930. The van der Waals surface area contributed by atoms with Crippen molar-refractivity contribution in [3.8, 4) is 0 Å². The topological polar surface area (TPSA) is 43.4 Å². The number of rotatable bonds is 4. The summed E-state index contributed by atoms with van der Waals surface area (Å²) in [6, 6.07) is 7.76. The smallest absolute Gasteiger partial charge is 0.331 e. The molecule has 0 fully saturated rings. The van der Waals surface area contributed by atoms with Crippen LogP contribution in [0.1, 0.15) is 31.9 Å². The molecule has 0 radical (unpaired) electrons. The van der Waals surface area contributed by atoms with E-state index in [0.717, 1.165) is 11.1 Å². The van der Waals surface area contributed by atoms with Crippen LogP contribution in [0.5, 0.6) is 0 Å². The molecule has 0 aliphatic heterocycles. The first-order valence-corrected chi connectivity index (χ1v) is 6.24. The second-order valence-corrected chi connectivity index (χ2v) is 5.52. The molecule has 0 atom stereocenters. The standard InChI is InChI=1S/C16H20O3/c1-12-5-7-13(8-6-12)9-10-15(18)19-11-14(17)16(2,3)4/h5-10H,11H2,1-4H3/b10-9+. The van der Waals surface area contributed by atoms with Gasteiger partial charge in [0.1, 0.15) is 0 Å². The molecule has 0 spiro atoms. The lowest BCUT2D eigenvalue weighted by molar-refractivity contribution is -0.145. The molecule has 3 heteroatoms. The zero-order valence-corrected chi connectivity index (χ0v) is 11.9. The average Bonchev–Trinajstić information content (AvgIpc) is 2.34. The first kappa shape index (κ1) is 15.2. The van der Waals surface area contributed by atoms with Gasteiger partial charge in [-0.15, -0.1) is 0 Å². The van der Waals surface area contributed by atoms with Gasteiger partial charge in [-0.05, 0) is 18.6 Å². The zero-order chi connectivity index (χ0) is 14.5. The molecule has 19 heavy (non-hydrogen) atoms. The maximum atomic E-state index is 11.6. The fourth-order valence-electron chi connectivity index (χ4n) is 1.24. The third-order valence-corrected chi connectivity index (χ3v) is 2.67. The summed E-state index contributed by atoms with van der Waals surface area (Å²) in [5.74, 6) is -0.595. The van der Waals surface area contributed by atoms with E-state index in [1.54, 1.807) is 26.8 Å². The number of Topliss-reactive ketones (excluding diaryl/α,β-unsaturated/α-hetero) is 1. The normalized spacial score (nSPS) is 11.6. The molecule has 0 unspecified atom stereocenters.